The van der Waals surface area contributed by atoms with E-state index in [4.69, 9.17) is 5.11 Å². The number of aromatic carboxylic acids is 1. The molecule has 0 saturated heterocycles. The largest absolute Gasteiger partial charge is 0.478 e. The van der Waals surface area contributed by atoms with E-state index in [0.717, 1.165) is 5.57 Å². The topological polar surface area (TPSA) is 66.4 Å². The zero-order chi connectivity index (χ0) is 12.3. The van der Waals surface area contributed by atoms with Crippen LogP contribution in [0, 0.1) is 6.92 Å². The summed E-state index contributed by atoms with van der Waals surface area (Å²) < 4.78 is 0. The molecule has 4 nitrogen and oxygen atoms in total. The number of anilines is 1. The van der Waals surface area contributed by atoms with Gasteiger partial charge in [-0.05, 0) is 31.7 Å². The van der Waals surface area contributed by atoms with E-state index in [1.54, 1.807) is 26.2 Å². The van der Waals surface area contributed by atoms with Crippen molar-refractivity contribution in [1.29, 1.82) is 0 Å². The van der Waals surface area contributed by atoms with E-state index in [0.29, 0.717) is 10.6 Å². The molecule has 0 spiro atoms. The molecular formula is C11H13NO3S. The lowest BCUT2D eigenvalue weighted by molar-refractivity contribution is -0.111. The summed E-state index contributed by atoms with van der Waals surface area (Å²) in [4.78, 5) is 22.4. The molecule has 0 bridgehead atoms. The van der Waals surface area contributed by atoms with Gasteiger partial charge in [0, 0.05) is 6.08 Å². The average Bonchev–Trinajstić information content (AvgIpc) is 2.45. The maximum Gasteiger partial charge on any atom is 0.338 e. The van der Waals surface area contributed by atoms with E-state index < -0.39 is 5.97 Å². The number of carbonyl (C=O) groups excluding carboxylic acids is 1. The highest BCUT2D eigenvalue weighted by atomic mass is 32.1. The third-order valence-electron chi connectivity index (χ3n) is 1.85. The molecule has 1 rings (SSSR count). The number of aryl methyl sites for hydroxylation is 1. The van der Waals surface area contributed by atoms with Crippen LogP contribution in [0.1, 0.15) is 29.8 Å². The van der Waals surface area contributed by atoms with Gasteiger partial charge in [-0.3, -0.25) is 4.79 Å². The molecule has 1 heterocycles. The Hall–Kier alpha value is -1.62. The number of allylic oxidation sites excluding steroid dienone is 1. The first-order chi connectivity index (χ1) is 7.41. The lowest BCUT2D eigenvalue weighted by Gasteiger charge is -2.01. The molecule has 0 saturated carbocycles. The predicted octanol–water partition coefficient (Wildman–Crippen LogP) is 2.66. The van der Waals surface area contributed by atoms with Crippen LogP contribution in [0.15, 0.2) is 17.0 Å². The normalized spacial score (nSPS) is 9.69. The Morgan fingerprint density at radius 3 is 2.56 bits per heavy atom. The van der Waals surface area contributed by atoms with Crippen LogP contribution in [-0.4, -0.2) is 17.0 Å². The molecule has 0 aliphatic carbocycles. The van der Waals surface area contributed by atoms with E-state index in [1.807, 2.05) is 0 Å². The molecular weight excluding hydrogens is 226 g/mol. The number of amides is 1. The molecule has 0 aliphatic rings. The van der Waals surface area contributed by atoms with Gasteiger partial charge in [-0.15, -0.1) is 11.3 Å². The van der Waals surface area contributed by atoms with Gasteiger partial charge >= 0.3 is 5.97 Å². The van der Waals surface area contributed by atoms with Crippen LogP contribution in [0.3, 0.4) is 0 Å². The van der Waals surface area contributed by atoms with Gasteiger partial charge in [0.25, 0.3) is 0 Å². The Morgan fingerprint density at radius 2 is 2.06 bits per heavy atom. The number of rotatable bonds is 3. The molecule has 0 radical (unpaired) electrons. The highest BCUT2D eigenvalue weighted by Gasteiger charge is 2.16. The van der Waals surface area contributed by atoms with Crippen LogP contribution in [0.25, 0.3) is 0 Å². The van der Waals surface area contributed by atoms with Gasteiger partial charge in [0.05, 0.1) is 5.56 Å². The lowest BCUT2D eigenvalue weighted by atomic mass is 10.2. The van der Waals surface area contributed by atoms with E-state index in [-0.39, 0.29) is 11.5 Å². The van der Waals surface area contributed by atoms with E-state index in [2.05, 4.69) is 5.32 Å². The van der Waals surface area contributed by atoms with Crippen molar-refractivity contribution in [3.05, 3.63) is 28.2 Å². The molecule has 1 amide bonds. The van der Waals surface area contributed by atoms with Crippen LogP contribution >= 0.6 is 11.3 Å². The quantitative estimate of drug-likeness (QED) is 0.797. The van der Waals surface area contributed by atoms with Crippen molar-refractivity contribution >= 4 is 28.2 Å². The number of nitrogens with one attached hydrogen (secondary N) is 1. The Bertz CT molecular complexity index is 456. The Labute approximate surface area is 97.6 Å². The zero-order valence-electron chi connectivity index (χ0n) is 9.33. The number of hydrogen-bond donors (Lipinski definition) is 2. The van der Waals surface area contributed by atoms with Crippen molar-refractivity contribution < 1.29 is 14.7 Å². The third-order valence-corrected chi connectivity index (χ3v) is 2.86. The van der Waals surface area contributed by atoms with Gasteiger partial charge < -0.3 is 10.4 Å². The first kappa shape index (κ1) is 12.4. The van der Waals surface area contributed by atoms with Crippen LogP contribution in [0.2, 0.25) is 0 Å². The van der Waals surface area contributed by atoms with Gasteiger partial charge in [0.1, 0.15) is 5.00 Å². The standard InChI is InChI=1S/C11H13NO3S/c1-6(2)4-8(13)12-10-9(11(14)15)7(3)5-16-10/h4-5H,1-3H3,(H,12,13)(H,14,15). The van der Waals surface area contributed by atoms with Gasteiger partial charge in [0.15, 0.2) is 0 Å². The fourth-order valence-electron chi connectivity index (χ4n) is 1.21. The summed E-state index contributed by atoms with van der Waals surface area (Å²) in [6.45, 7) is 5.31. The average molecular weight is 239 g/mol. The minimum Gasteiger partial charge on any atom is -0.478 e. The van der Waals surface area contributed by atoms with E-state index in [1.165, 1.54) is 17.4 Å². The first-order valence-electron chi connectivity index (χ1n) is 4.69. The van der Waals surface area contributed by atoms with Crippen LogP contribution < -0.4 is 5.32 Å². The number of carboxylic acid groups (broad SMARTS) is 1. The SMILES string of the molecule is CC(C)=CC(=O)Nc1scc(C)c1C(=O)O. The number of carbonyl (C=O) groups is 2. The minimum atomic E-state index is -1.02. The van der Waals surface area contributed by atoms with Gasteiger partial charge in [-0.1, -0.05) is 5.57 Å². The van der Waals surface area contributed by atoms with Crippen molar-refractivity contribution in [2.24, 2.45) is 0 Å². The Balaban J connectivity index is 2.94. The third kappa shape index (κ3) is 2.93. The van der Waals surface area contributed by atoms with Gasteiger partial charge in [-0.25, -0.2) is 4.79 Å². The summed E-state index contributed by atoms with van der Waals surface area (Å²) >= 11 is 1.22. The molecule has 5 heteroatoms. The lowest BCUT2D eigenvalue weighted by Crippen LogP contribution is -2.10. The highest BCUT2D eigenvalue weighted by molar-refractivity contribution is 7.15. The molecule has 16 heavy (non-hydrogen) atoms. The summed E-state index contributed by atoms with van der Waals surface area (Å²) in [6, 6.07) is 0. The fourth-order valence-corrected chi connectivity index (χ4v) is 2.15. The minimum absolute atomic E-state index is 0.167. The molecule has 0 atom stereocenters. The molecule has 86 valence electrons. The summed E-state index contributed by atoms with van der Waals surface area (Å²) in [5.74, 6) is -1.32. The predicted molar refractivity (Wildman–Crippen MR) is 64.1 cm³/mol. The van der Waals surface area contributed by atoms with Crippen molar-refractivity contribution in [1.82, 2.24) is 0 Å². The summed E-state index contributed by atoms with van der Waals surface area (Å²) in [5, 5.41) is 13.6. The first-order valence-corrected chi connectivity index (χ1v) is 5.57. The maximum atomic E-state index is 11.4. The number of hydrogen-bond acceptors (Lipinski definition) is 3. The smallest absolute Gasteiger partial charge is 0.338 e. The van der Waals surface area contributed by atoms with Crippen molar-refractivity contribution in [3.8, 4) is 0 Å². The Morgan fingerprint density at radius 1 is 1.44 bits per heavy atom. The van der Waals surface area contributed by atoms with E-state index >= 15 is 0 Å². The molecule has 1 aromatic rings. The molecule has 0 unspecified atom stereocenters. The van der Waals surface area contributed by atoms with Crippen LogP contribution in [-0.2, 0) is 4.79 Å². The van der Waals surface area contributed by atoms with Crippen molar-refractivity contribution in [3.63, 3.8) is 0 Å². The van der Waals surface area contributed by atoms with E-state index in [9.17, 15) is 9.59 Å². The number of thiophene rings is 1. The summed E-state index contributed by atoms with van der Waals surface area (Å²) in [6.07, 6.45) is 1.43. The van der Waals surface area contributed by atoms with Gasteiger partial charge in [-0.2, -0.15) is 0 Å². The fraction of sp³-hybridized carbons (Fsp3) is 0.273. The molecule has 1 aromatic heterocycles. The van der Waals surface area contributed by atoms with Crippen LogP contribution in [0.5, 0.6) is 0 Å². The molecule has 0 aliphatic heterocycles. The summed E-state index contributed by atoms with van der Waals surface area (Å²) in [5.41, 5.74) is 1.69. The van der Waals surface area contributed by atoms with Crippen molar-refractivity contribution in [2.45, 2.75) is 20.8 Å². The van der Waals surface area contributed by atoms with Gasteiger partial charge in [0.2, 0.25) is 5.91 Å². The monoisotopic (exact) mass is 239 g/mol. The maximum absolute atomic E-state index is 11.4. The number of carboxylic acids is 1. The molecule has 0 aromatic carbocycles. The zero-order valence-corrected chi connectivity index (χ0v) is 10.1. The Kier molecular flexibility index (Phi) is 3.84. The second-order valence-electron chi connectivity index (χ2n) is 3.64. The molecule has 0 fully saturated rings. The summed E-state index contributed by atoms with van der Waals surface area (Å²) in [7, 11) is 0. The second-order valence-corrected chi connectivity index (χ2v) is 4.52. The molecule has 2 N–H and O–H groups in total. The second kappa shape index (κ2) is 4.94. The van der Waals surface area contributed by atoms with Crippen LogP contribution in [0.4, 0.5) is 5.00 Å². The highest BCUT2D eigenvalue weighted by Crippen LogP contribution is 2.27. The van der Waals surface area contributed by atoms with Crippen molar-refractivity contribution in [2.75, 3.05) is 5.32 Å².